The van der Waals surface area contributed by atoms with Gasteiger partial charge in [-0.05, 0) is 36.6 Å². The van der Waals surface area contributed by atoms with Crippen molar-refractivity contribution >= 4 is 28.2 Å². The van der Waals surface area contributed by atoms with E-state index in [1.807, 2.05) is 55.5 Å². The minimum Gasteiger partial charge on any atom is -0.444 e. The Labute approximate surface area is 217 Å². The minimum atomic E-state index is -4.27. The molecule has 0 unspecified atom stereocenters. The maximum absolute atomic E-state index is 13.7. The van der Waals surface area contributed by atoms with Gasteiger partial charge >= 0.3 is 12.1 Å². The van der Waals surface area contributed by atoms with Crippen molar-refractivity contribution in [1.82, 2.24) is 9.21 Å². The van der Waals surface area contributed by atoms with E-state index in [1.165, 1.54) is 18.2 Å². The van der Waals surface area contributed by atoms with Gasteiger partial charge in [-0.15, -0.1) is 6.58 Å². The number of aryl methyl sites for hydroxylation is 1. The van der Waals surface area contributed by atoms with Crippen LogP contribution in [-0.4, -0.2) is 41.8 Å². The van der Waals surface area contributed by atoms with Crippen LogP contribution in [0.15, 0.2) is 109 Å². The van der Waals surface area contributed by atoms with E-state index < -0.39 is 34.2 Å². The number of hydrogen-bond acceptors (Lipinski definition) is 5. The second-order valence-electron chi connectivity index (χ2n) is 8.68. The average Bonchev–Trinajstić information content (AvgIpc) is 2.91. The van der Waals surface area contributed by atoms with E-state index in [4.69, 9.17) is 4.74 Å². The lowest BCUT2D eigenvalue weighted by atomic mass is 10.0. The second kappa shape index (κ2) is 11.3. The quantitative estimate of drug-likeness (QED) is 0.372. The van der Waals surface area contributed by atoms with Crippen LogP contribution in [0.3, 0.4) is 0 Å². The first kappa shape index (κ1) is 25.9. The Morgan fingerprint density at radius 2 is 1.59 bits per heavy atom. The number of carbonyl (C=O) groups is 2. The van der Waals surface area contributed by atoms with Gasteiger partial charge < -0.3 is 4.74 Å². The van der Waals surface area contributed by atoms with Gasteiger partial charge in [0.1, 0.15) is 6.61 Å². The number of sulfonamides is 1. The molecule has 0 radical (unpaired) electrons. The predicted molar refractivity (Wildman–Crippen MR) is 142 cm³/mol. The highest BCUT2D eigenvalue weighted by Crippen LogP contribution is 2.31. The van der Waals surface area contributed by atoms with Crippen molar-refractivity contribution in [3.63, 3.8) is 0 Å². The van der Waals surface area contributed by atoms with Crippen LogP contribution < -0.4 is 0 Å². The normalized spacial score (nSPS) is 18.1. The fourth-order valence-corrected chi connectivity index (χ4v) is 5.62. The maximum atomic E-state index is 13.7. The Kier molecular flexibility index (Phi) is 7.89. The van der Waals surface area contributed by atoms with Gasteiger partial charge in [-0.3, -0.25) is 0 Å². The molecule has 0 aliphatic carbocycles. The summed E-state index contributed by atoms with van der Waals surface area (Å²) in [4.78, 5) is 27.8. The summed E-state index contributed by atoms with van der Waals surface area (Å²) in [7, 11) is -4.27. The summed E-state index contributed by atoms with van der Waals surface area (Å²) in [6.07, 6.45) is 4.12. The number of rotatable bonds is 7. The van der Waals surface area contributed by atoms with Crippen LogP contribution in [0, 0.1) is 6.92 Å². The number of amides is 3. The van der Waals surface area contributed by atoms with Gasteiger partial charge in [0, 0.05) is 0 Å². The van der Waals surface area contributed by atoms with E-state index in [-0.39, 0.29) is 17.9 Å². The summed E-state index contributed by atoms with van der Waals surface area (Å²) >= 11 is 0. The van der Waals surface area contributed by atoms with E-state index in [0.717, 1.165) is 25.9 Å². The molecule has 3 aromatic carbocycles. The van der Waals surface area contributed by atoms with Crippen LogP contribution in [0.2, 0.25) is 0 Å². The lowest BCUT2D eigenvalue weighted by molar-refractivity contribution is 0.0775. The van der Waals surface area contributed by atoms with Crippen LogP contribution in [0.5, 0.6) is 0 Å². The molecule has 0 bridgehead atoms. The van der Waals surface area contributed by atoms with Gasteiger partial charge in [-0.2, -0.15) is 0 Å². The number of benzene rings is 3. The fraction of sp³-hybridized carbons (Fsp3) is 0.172. The summed E-state index contributed by atoms with van der Waals surface area (Å²) in [5.74, 6) is 0. The number of ether oxygens (including phenoxy) is 1. The van der Waals surface area contributed by atoms with E-state index in [0.29, 0.717) is 0 Å². The summed E-state index contributed by atoms with van der Waals surface area (Å²) in [6.45, 7) is 5.55. The minimum absolute atomic E-state index is 0.0471. The number of nitrogens with zero attached hydrogens (tertiary/aromatic N) is 2. The molecule has 8 heteroatoms. The molecule has 190 valence electrons. The zero-order valence-electron chi connectivity index (χ0n) is 20.4. The van der Waals surface area contributed by atoms with Gasteiger partial charge in [-0.1, -0.05) is 96.6 Å². The van der Waals surface area contributed by atoms with E-state index in [1.54, 1.807) is 36.4 Å². The molecule has 1 aliphatic rings. The molecule has 37 heavy (non-hydrogen) atoms. The van der Waals surface area contributed by atoms with Crippen LogP contribution in [0.1, 0.15) is 23.1 Å². The third-order valence-electron chi connectivity index (χ3n) is 6.07. The molecule has 0 aromatic heterocycles. The van der Waals surface area contributed by atoms with Crippen LogP contribution in [0.25, 0.3) is 6.08 Å². The summed E-state index contributed by atoms with van der Waals surface area (Å²) in [5.41, 5.74) is 2.49. The van der Waals surface area contributed by atoms with Crippen LogP contribution in [0.4, 0.5) is 9.59 Å². The first-order chi connectivity index (χ1) is 17.8. The molecule has 7 nitrogen and oxygen atoms in total. The lowest BCUT2D eigenvalue weighted by Crippen LogP contribution is -2.61. The molecule has 2 atom stereocenters. The first-order valence-electron chi connectivity index (χ1n) is 11.8. The zero-order valence-corrected chi connectivity index (χ0v) is 21.3. The molecular formula is C29H28N2O5S. The van der Waals surface area contributed by atoms with Gasteiger partial charge in [0.2, 0.25) is 0 Å². The smallest absolute Gasteiger partial charge is 0.418 e. The first-order valence-corrected chi connectivity index (χ1v) is 13.3. The summed E-state index contributed by atoms with van der Waals surface area (Å²) in [5, 5.41) is 0. The third kappa shape index (κ3) is 5.81. The molecule has 3 amide bonds. The second-order valence-corrected chi connectivity index (χ2v) is 10.5. The highest BCUT2D eigenvalue weighted by Gasteiger charge is 2.47. The molecule has 0 spiro atoms. The molecule has 3 aromatic rings. The van der Waals surface area contributed by atoms with Crippen molar-refractivity contribution in [2.75, 3.05) is 0 Å². The van der Waals surface area contributed by atoms with Crippen molar-refractivity contribution in [2.24, 2.45) is 0 Å². The average molecular weight is 517 g/mol. The molecule has 4 rings (SSSR count). The fourth-order valence-electron chi connectivity index (χ4n) is 4.09. The Bertz CT molecular complexity index is 1390. The highest BCUT2D eigenvalue weighted by molar-refractivity contribution is 7.89. The largest absolute Gasteiger partial charge is 0.444 e. The highest BCUT2D eigenvalue weighted by atomic mass is 32.2. The molecule has 1 heterocycles. The zero-order chi connectivity index (χ0) is 26.4. The van der Waals surface area contributed by atoms with Crippen molar-refractivity contribution < 1.29 is 22.7 Å². The molecule has 1 fully saturated rings. The van der Waals surface area contributed by atoms with E-state index in [2.05, 4.69) is 6.58 Å². The molecular weight excluding hydrogens is 488 g/mol. The van der Waals surface area contributed by atoms with E-state index >= 15 is 0 Å². The Morgan fingerprint density at radius 1 is 0.973 bits per heavy atom. The van der Waals surface area contributed by atoms with Gasteiger partial charge in [-0.25, -0.2) is 27.2 Å². The molecule has 1 saturated heterocycles. The van der Waals surface area contributed by atoms with Crippen LogP contribution in [-0.2, 0) is 21.4 Å². The predicted octanol–water partition coefficient (Wildman–Crippen LogP) is 5.78. The summed E-state index contributed by atoms with van der Waals surface area (Å²) in [6, 6.07) is 22.1. The van der Waals surface area contributed by atoms with Gasteiger partial charge in [0.05, 0.1) is 17.0 Å². The number of imide groups is 1. The number of carbonyl (C=O) groups excluding carboxylic acids is 2. The van der Waals surface area contributed by atoms with Crippen molar-refractivity contribution in [3.8, 4) is 0 Å². The van der Waals surface area contributed by atoms with Crippen molar-refractivity contribution in [1.29, 1.82) is 0 Å². The summed E-state index contributed by atoms with van der Waals surface area (Å²) < 4.78 is 33.3. The monoisotopic (exact) mass is 516 g/mol. The third-order valence-corrected chi connectivity index (χ3v) is 7.89. The van der Waals surface area contributed by atoms with E-state index in [9.17, 15) is 18.0 Å². The molecule has 1 aliphatic heterocycles. The Balaban J connectivity index is 1.69. The number of hydrogen-bond donors (Lipinski definition) is 0. The van der Waals surface area contributed by atoms with Crippen molar-refractivity contribution in [2.45, 2.75) is 36.9 Å². The Hall–Kier alpha value is -4.17. The van der Waals surface area contributed by atoms with Crippen molar-refractivity contribution in [3.05, 3.63) is 120 Å². The standard InChI is InChI=1S/C29H28N2O5S/c1-3-25-20-26(17-16-23-10-6-4-7-11-23)30(29(33)36-21-24-12-8-5-9-13-24)28(32)31(25)37(34,35)27-18-14-22(2)15-19-27/h3-19,25-26H,1,20-21H2,2H3/b17-16+/t25-,26+/m0/s1. The number of urea groups is 1. The van der Waals surface area contributed by atoms with Gasteiger partial charge in [0.25, 0.3) is 10.0 Å². The maximum Gasteiger partial charge on any atom is 0.418 e. The lowest BCUT2D eigenvalue weighted by Gasteiger charge is -2.41. The molecule has 0 N–H and O–H groups in total. The SMILES string of the molecule is C=C[C@H]1C[C@@H](/C=C/c2ccccc2)N(C(=O)OCc2ccccc2)C(=O)N1S(=O)(=O)c1ccc(C)cc1. The van der Waals surface area contributed by atoms with Crippen LogP contribution >= 0.6 is 0 Å². The topological polar surface area (TPSA) is 84.0 Å². The van der Waals surface area contributed by atoms with Gasteiger partial charge in [0.15, 0.2) is 0 Å². The Morgan fingerprint density at radius 3 is 2.22 bits per heavy atom. The molecule has 0 saturated carbocycles.